The van der Waals surface area contributed by atoms with Crippen molar-refractivity contribution in [3.05, 3.63) is 0 Å². The van der Waals surface area contributed by atoms with Crippen molar-refractivity contribution < 1.29 is 24.8 Å². The molecule has 0 amide bonds. The number of aliphatic hydroxyl groups excluding tert-OH is 2. The Kier molecular flexibility index (Phi) is 3.03. The molecule has 0 aliphatic carbocycles. The van der Waals surface area contributed by atoms with E-state index in [1.807, 2.05) is 0 Å². The molecule has 1 radical (unpaired) electrons. The van der Waals surface area contributed by atoms with Crippen molar-refractivity contribution in [1.29, 1.82) is 0 Å². The molecule has 12 heavy (non-hydrogen) atoms. The molecule has 1 aliphatic heterocycles. The Morgan fingerprint density at radius 1 is 1.33 bits per heavy atom. The van der Waals surface area contributed by atoms with Crippen molar-refractivity contribution in [3.8, 4) is 0 Å². The number of methoxy groups -OCH3 is 1. The third-order valence-electron chi connectivity index (χ3n) is 2.05. The summed E-state index contributed by atoms with van der Waals surface area (Å²) < 4.78 is 9.48. The fraction of sp³-hybridized carbons (Fsp3) is 1.00. The van der Waals surface area contributed by atoms with Gasteiger partial charge in [0.25, 0.3) is 0 Å². The van der Waals surface area contributed by atoms with Gasteiger partial charge in [-0.05, 0) is 6.92 Å². The van der Waals surface area contributed by atoms with E-state index < -0.39 is 30.7 Å². The quantitative estimate of drug-likeness (QED) is 0.532. The number of aliphatic hydroxyl groups is 2. The van der Waals surface area contributed by atoms with Crippen molar-refractivity contribution in [2.45, 2.75) is 37.6 Å². The zero-order valence-corrected chi connectivity index (χ0v) is 7.01. The normalized spacial score (nSPS) is 49.2. The Bertz CT molecular complexity index is 137. The van der Waals surface area contributed by atoms with Crippen LogP contribution < -0.4 is 0 Å². The third kappa shape index (κ3) is 1.60. The number of ether oxygens (including phenoxy) is 2. The Morgan fingerprint density at radius 3 is 2.42 bits per heavy atom. The summed E-state index contributed by atoms with van der Waals surface area (Å²) in [6.45, 7) is 1.56. The largest absolute Gasteiger partial charge is 0.388 e. The maximum absolute atomic E-state index is 10.9. The van der Waals surface area contributed by atoms with Crippen LogP contribution in [0.1, 0.15) is 6.92 Å². The number of hydrogen-bond donors (Lipinski definition) is 2. The van der Waals surface area contributed by atoms with E-state index in [1.54, 1.807) is 6.92 Å². The second kappa shape index (κ2) is 3.68. The molecule has 2 N–H and O–H groups in total. The minimum Gasteiger partial charge on any atom is -0.388 e. The summed E-state index contributed by atoms with van der Waals surface area (Å²) in [6.07, 6.45) is -5.23. The first-order chi connectivity index (χ1) is 5.57. The summed E-state index contributed by atoms with van der Waals surface area (Å²) in [5, 5.41) is 29.5. The van der Waals surface area contributed by atoms with Gasteiger partial charge in [0, 0.05) is 7.11 Å². The smallest absolute Gasteiger partial charge is 0.220 e. The molecule has 5 nitrogen and oxygen atoms in total. The molecule has 1 saturated heterocycles. The average Bonchev–Trinajstić information content (AvgIpc) is 2.02. The summed E-state index contributed by atoms with van der Waals surface area (Å²) in [5.41, 5.74) is 0. The van der Waals surface area contributed by atoms with Crippen LogP contribution >= 0.6 is 0 Å². The number of rotatable bonds is 1. The fourth-order valence-corrected chi connectivity index (χ4v) is 1.28. The predicted octanol–water partition coefficient (Wildman–Crippen LogP) is -1.10. The molecule has 0 aromatic carbocycles. The lowest BCUT2D eigenvalue weighted by Crippen LogP contribution is -2.56. The molecule has 1 fully saturated rings. The van der Waals surface area contributed by atoms with Crippen LogP contribution in [0.2, 0.25) is 0 Å². The van der Waals surface area contributed by atoms with Crippen molar-refractivity contribution in [2.75, 3.05) is 7.11 Å². The first-order valence-corrected chi connectivity index (χ1v) is 3.78. The van der Waals surface area contributed by atoms with Crippen LogP contribution in [0.15, 0.2) is 0 Å². The Labute approximate surface area is 70.5 Å². The molecule has 71 valence electrons. The van der Waals surface area contributed by atoms with Gasteiger partial charge in [-0.25, -0.2) is 0 Å². The van der Waals surface area contributed by atoms with Crippen LogP contribution in [-0.2, 0) is 14.6 Å². The van der Waals surface area contributed by atoms with E-state index in [0.29, 0.717) is 0 Å². The maximum atomic E-state index is 10.9. The molecule has 0 aromatic rings. The van der Waals surface area contributed by atoms with Crippen molar-refractivity contribution >= 4 is 0 Å². The highest BCUT2D eigenvalue weighted by Gasteiger charge is 2.42. The maximum Gasteiger partial charge on any atom is 0.220 e. The Morgan fingerprint density at radius 2 is 1.92 bits per heavy atom. The van der Waals surface area contributed by atoms with E-state index in [2.05, 4.69) is 0 Å². The Balaban J connectivity index is 2.67. The van der Waals surface area contributed by atoms with Gasteiger partial charge in [0.2, 0.25) is 6.29 Å². The highest BCUT2D eigenvalue weighted by molar-refractivity contribution is 4.87. The molecular weight excluding hydrogens is 164 g/mol. The zero-order chi connectivity index (χ0) is 9.30. The molecule has 0 spiro atoms. The third-order valence-corrected chi connectivity index (χ3v) is 2.05. The van der Waals surface area contributed by atoms with Crippen LogP contribution in [0.4, 0.5) is 0 Å². The second-order valence-corrected chi connectivity index (χ2v) is 2.89. The van der Waals surface area contributed by atoms with Gasteiger partial charge in [-0.15, -0.1) is 0 Å². The van der Waals surface area contributed by atoms with Crippen molar-refractivity contribution in [3.63, 3.8) is 0 Å². The highest BCUT2D eigenvalue weighted by Crippen LogP contribution is 2.21. The van der Waals surface area contributed by atoms with Gasteiger partial charge in [0.1, 0.15) is 18.3 Å². The van der Waals surface area contributed by atoms with Gasteiger partial charge in [0.15, 0.2) is 0 Å². The standard InChI is InChI=1S/C7H13O5/c1-3-4(8)6(11-2)5(9)7(10)12-3/h3-9H,1-2H3/t3-,4-,5-,6+,7+/m0/s1. The predicted molar refractivity (Wildman–Crippen MR) is 37.8 cm³/mol. The van der Waals surface area contributed by atoms with E-state index in [4.69, 9.17) is 9.47 Å². The molecule has 0 bridgehead atoms. The van der Waals surface area contributed by atoms with Crippen LogP contribution in [0.3, 0.4) is 0 Å². The summed E-state index contributed by atoms with van der Waals surface area (Å²) in [5.74, 6) is 0. The van der Waals surface area contributed by atoms with E-state index >= 15 is 0 Å². The lowest BCUT2D eigenvalue weighted by atomic mass is 10.00. The van der Waals surface area contributed by atoms with Crippen LogP contribution in [0.5, 0.6) is 0 Å². The van der Waals surface area contributed by atoms with Gasteiger partial charge in [-0.2, -0.15) is 5.11 Å². The summed E-state index contributed by atoms with van der Waals surface area (Å²) in [4.78, 5) is 0. The van der Waals surface area contributed by atoms with Gasteiger partial charge in [0.05, 0.1) is 6.10 Å². The lowest BCUT2D eigenvalue weighted by Gasteiger charge is -2.37. The van der Waals surface area contributed by atoms with Gasteiger partial charge >= 0.3 is 0 Å². The fourth-order valence-electron chi connectivity index (χ4n) is 1.28. The summed E-state index contributed by atoms with van der Waals surface area (Å²) >= 11 is 0. The minimum atomic E-state index is -1.53. The molecule has 0 saturated carbocycles. The molecule has 1 aliphatic rings. The summed E-state index contributed by atoms with van der Waals surface area (Å²) in [6, 6.07) is 0. The van der Waals surface area contributed by atoms with Gasteiger partial charge in [-0.3, -0.25) is 0 Å². The Hall–Kier alpha value is -0.200. The molecule has 0 unspecified atom stereocenters. The zero-order valence-electron chi connectivity index (χ0n) is 7.01. The van der Waals surface area contributed by atoms with Crippen molar-refractivity contribution in [1.82, 2.24) is 0 Å². The first kappa shape index (κ1) is 9.88. The van der Waals surface area contributed by atoms with E-state index in [0.717, 1.165) is 0 Å². The summed E-state index contributed by atoms with van der Waals surface area (Å²) in [7, 11) is 1.34. The van der Waals surface area contributed by atoms with Gasteiger partial charge < -0.3 is 19.7 Å². The molecule has 1 heterocycles. The highest BCUT2D eigenvalue weighted by atomic mass is 16.6. The van der Waals surface area contributed by atoms with Crippen LogP contribution in [-0.4, -0.2) is 48.0 Å². The SMILES string of the molecule is CO[C@@H]1[C@@H](O)[C@H](C)O[C@@H]([O])[C@H]1O. The second-order valence-electron chi connectivity index (χ2n) is 2.89. The molecule has 5 atom stereocenters. The van der Waals surface area contributed by atoms with Crippen LogP contribution in [0.25, 0.3) is 0 Å². The molecular formula is C7H13O5. The molecule has 5 heteroatoms. The van der Waals surface area contributed by atoms with E-state index in [1.165, 1.54) is 7.11 Å². The van der Waals surface area contributed by atoms with Crippen molar-refractivity contribution in [2.24, 2.45) is 0 Å². The lowest BCUT2D eigenvalue weighted by molar-refractivity contribution is -0.299. The van der Waals surface area contributed by atoms with E-state index in [9.17, 15) is 15.3 Å². The minimum absolute atomic E-state index is 0.596. The van der Waals surface area contributed by atoms with Gasteiger partial charge in [-0.1, -0.05) is 0 Å². The van der Waals surface area contributed by atoms with E-state index in [-0.39, 0.29) is 0 Å². The average molecular weight is 177 g/mol. The molecule has 1 rings (SSSR count). The van der Waals surface area contributed by atoms with Crippen LogP contribution in [0, 0.1) is 0 Å². The first-order valence-electron chi connectivity index (χ1n) is 3.78. The number of hydrogen-bond acceptors (Lipinski definition) is 4. The monoisotopic (exact) mass is 177 g/mol. The topological polar surface area (TPSA) is 78.8 Å². The molecule has 0 aromatic heterocycles.